The van der Waals surface area contributed by atoms with Gasteiger partial charge in [0.05, 0.1) is 18.0 Å². The van der Waals surface area contributed by atoms with E-state index in [9.17, 15) is 25.5 Å². The highest BCUT2D eigenvalue weighted by Crippen LogP contribution is 2.23. The Morgan fingerprint density at radius 2 is 1.72 bits per heavy atom. The standard InChI is InChI=1S/C9H9F4NO3S/c10-9(11,12)17-14(6-7-18(13,15)16)8-4-2-1-3-5-8/h1-5H,6-7H2. The van der Waals surface area contributed by atoms with Crippen molar-refractivity contribution in [2.24, 2.45) is 0 Å². The quantitative estimate of drug-likeness (QED) is 0.473. The molecular formula is C9H9F4NO3S. The predicted octanol–water partition coefficient (Wildman–Crippen LogP) is 2.24. The second kappa shape index (κ2) is 5.53. The second-order valence-corrected chi connectivity index (χ2v) is 4.70. The molecule has 0 saturated heterocycles. The number of halogens is 4. The van der Waals surface area contributed by atoms with Gasteiger partial charge in [0.2, 0.25) is 0 Å². The van der Waals surface area contributed by atoms with Crippen molar-refractivity contribution in [1.29, 1.82) is 0 Å². The zero-order valence-electron chi connectivity index (χ0n) is 8.89. The monoisotopic (exact) mass is 287 g/mol. The van der Waals surface area contributed by atoms with Gasteiger partial charge in [-0.2, -0.15) is 13.3 Å². The van der Waals surface area contributed by atoms with Crippen LogP contribution >= 0.6 is 0 Å². The number of nitrogens with zero attached hydrogens (tertiary/aromatic N) is 1. The van der Waals surface area contributed by atoms with Crippen LogP contribution in [0.3, 0.4) is 0 Å². The van der Waals surface area contributed by atoms with E-state index in [-0.39, 0.29) is 10.8 Å². The van der Waals surface area contributed by atoms with Crippen LogP contribution in [0.1, 0.15) is 0 Å². The number of para-hydroxylation sites is 1. The van der Waals surface area contributed by atoms with Gasteiger partial charge in [0.1, 0.15) is 0 Å². The third kappa shape index (κ3) is 5.82. The summed E-state index contributed by atoms with van der Waals surface area (Å²) in [6.45, 7) is -0.775. The largest absolute Gasteiger partial charge is 0.544 e. The van der Waals surface area contributed by atoms with Gasteiger partial charge in [-0.3, -0.25) is 0 Å². The molecule has 9 heteroatoms. The summed E-state index contributed by atoms with van der Waals surface area (Å²) in [5.74, 6) is -1.10. The number of hydrogen-bond acceptors (Lipinski definition) is 4. The van der Waals surface area contributed by atoms with E-state index in [1.54, 1.807) is 6.07 Å². The first-order valence-electron chi connectivity index (χ1n) is 4.68. The number of rotatable bonds is 5. The van der Waals surface area contributed by atoms with Gasteiger partial charge in [0.15, 0.2) is 0 Å². The molecule has 0 aliphatic carbocycles. The van der Waals surface area contributed by atoms with Crippen molar-refractivity contribution in [3.05, 3.63) is 30.3 Å². The Balaban J connectivity index is 2.83. The molecule has 0 spiro atoms. The molecule has 0 N–H and O–H groups in total. The van der Waals surface area contributed by atoms with Crippen molar-refractivity contribution >= 4 is 15.9 Å². The number of alkyl halides is 3. The highest BCUT2D eigenvalue weighted by molar-refractivity contribution is 7.86. The fraction of sp³-hybridized carbons (Fsp3) is 0.333. The third-order valence-electron chi connectivity index (χ3n) is 1.80. The Morgan fingerprint density at radius 1 is 1.17 bits per heavy atom. The second-order valence-electron chi connectivity index (χ2n) is 3.22. The first-order valence-corrected chi connectivity index (χ1v) is 6.23. The van der Waals surface area contributed by atoms with Gasteiger partial charge >= 0.3 is 16.6 Å². The molecule has 0 heterocycles. The molecule has 0 atom stereocenters. The van der Waals surface area contributed by atoms with Gasteiger partial charge in [0.25, 0.3) is 0 Å². The van der Waals surface area contributed by atoms with Gasteiger partial charge < -0.3 is 0 Å². The van der Waals surface area contributed by atoms with Crippen LogP contribution < -0.4 is 5.06 Å². The lowest BCUT2D eigenvalue weighted by Crippen LogP contribution is -2.34. The van der Waals surface area contributed by atoms with Crippen molar-refractivity contribution in [2.75, 3.05) is 17.4 Å². The van der Waals surface area contributed by atoms with E-state index in [0.717, 1.165) is 0 Å². The summed E-state index contributed by atoms with van der Waals surface area (Å²) < 4.78 is 69.2. The van der Waals surface area contributed by atoms with E-state index in [0.29, 0.717) is 0 Å². The SMILES string of the molecule is O=S(=O)(F)CCN(OC(F)(F)F)c1ccccc1. The number of hydroxylamine groups is 1. The molecule has 0 aromatic heterocycles. The minimum Gasteiger partial charge on any atom is -0.244 e. The maximum Gasteiger partial charge on any atom is 0.544 e. The van der Waals surface area contributed by atoms with Crippen LogP contribution in [0.25, 0.3) is 0 Å². The summed E-state index contributed by atoms with van der Waals surface area (Å²) in [5.41, 5.74) is -0.0292. The van der Waals surface area contributed by atoms with Crippen LogP contribution in [0.4, 0.5) is 22.7 Å². The van der Waals surface area contributed by atoms with E-state index in [2.05, 4.69) is 4.84 Å². The van der Waals surface area contributed by atoms with Gasteiger partial charge in [-0.05, 0) is 12.1 Å². The highest BCUT2D eigenvalue weighted by atomic mass is 32.3. The third-order valence-corrected chi connectivity index (χ3v) is 2.47. The van der Waals surface area contributed by atoms with Crippen LogP contribution in [-0.4, -0.2) is 27.1 Å². The average Bonchev–Trinajstić information content (AvgIpc) is 2.23. The molecular weight excluding hydrogens is 278 g/mol. The molecule has 102 valence electrons. The highest BCUT2D eigenvalue weighted by Gasteiger charge is 2.34. The summed E-state index contributed by atoms with van der Waals surface area (Å²) in [6, 6.07) is 6.98. The lowest BCUT2D eigenvalue weighted by atomic mass is 10.3. The van der Waals surface area contributed by atoms with Crippen molar-refractivity contribution in [3.63, 3.8) is 0 Å². The molecule has 0 amide bonds. The van der Waals surface area contributed by atoms with Crippen molar-refractivity contribution < 1.29 is 30.3 Å². The Kier molecular flexibility index (Phi) is 4.52. The topological polar surface area (TPSA) is 46.6 Å². The van der Waals surface area contributed by atoms with Crippen LogP contribution in [0.15, 0.2) is 30.3 Å². The maximum atomic E-state index is 12.3. The lowest BCUT2D eigenvalue weighted by molar-refractivity contribution is -0.330. The summed E-state index contributed by atoms with van der Waals surface area (Å²) in [5, 5.41) is 0.275. The molecule has 0 aliphatic heterocycles. The number of benzene rings is 1. The lowest BCUT2D eigenvalue weighted by Gasteiger charge is -2.23. The van der Waals surface area contributed by atoms with Gasteiger partial charge in [0, 0.05) is 0 Å². The summed E-state index contributed by atoms with van der Waals surface area (Å²) in [4.78, 5) is 3.62. The zero-order valence-corrected chi connectivity index (χ0v) is 9.71. The molecule has 18 heavy (non-hydrogen) atoms. The molecule has 0 saturated carbocycles. The maximum absolute atomic E-state index is 12.3. The summed E-state index contributed by atoms with van der Waals surface area (Å²) in [7, 11) is -4.87. The molecule has 0 unspecified atom stereocenters. The normalized spacial score (nSPS) is 12.4. The van der Waals surface area contributed by atoms with Gasteiger partial charge in [-0.1, -0.05) is 18.2 Å². The molecule has 0 aliphatic rings. The molecule has 0 bridgehead atoms. The number of hydrogen-bond donors (Lipinski definition) is 0. The molecule has 0 radical (unpaired) electrons. The zero-order chi connectivity index (χ0) is 13.8. The first kappa shape index (κ1) is 14.7. The average molecular weight is 287 g/mol. The van der Waals surface area contributed by atoms with Gasteiger partial charge in [-0.25, -0.2) is 5.06 Å². The Labute approximate surface area is 101 Å². The molecule has 0 fully saturated rings. The van der Waals surface area contributed by atoms with Crippen LogP contribution in [0, 0.1) is 0 Å². The number of anilines is 1. The van der Waals surface area contributed by atoms with E-state index in [1.807, 2.05) is 0 Å². The van der Waals surface area contributed by atoms with Crippen molar-refractivity contribution in [1.82, 2.24) is 0 Å². The first-order chi connectivity index (χ1) is 8.17. The Hall–Kier alpha value is -1.35. The van der Waals surface area contributed by atoms with Crippen molar-refractivity contribution in [2.45, 2.75) is 6.36 Å². The van der Waals surface area contributed by atoms with Gasteiger partial charge in [-0.15, -0.1) is 17.1 Å². The van der Waals surface area contributed by atoms with E-state index in [1.165, 1.54) is 24.3 Å². The molecule has 4 nitrogen and oxygen atoms in total. The van der Waals surface area contributed by atoms with Crippen LogP contribution in [0.2, 0.25) is 0 Å². The molecule has 1 aromatic rings. The van der Waals surface area contributed by atoms with E-state index >= 15 is 0 Å². The fourth-order valence-corrected chi connectivity index (χ4v) is 1.52. The van der Waals surface area contributed by atoms with E-state index in [4.69, 9.17) is 0 Å². The molecule has 1 rings (SSSR count). The Morgan fingerprint density at radius 3 is 2.17 bits per heavy atom. The van der Waals surface area contributed by atoms with Crippen LogP contribution in [-0.2, 0) is 15.1 Å². The predicted molar refractivity (Wildman–Crippen MR) is 55.8 cm³/mol. The van der Waals surface area contributed by atoms with Crippen molar-refractivity contribution in [3.8, 4) is 0 Å². The van der Waals surface area contributed by atoms with E-state index < -0.39 is 28.9 Å². The Bertz CT molecular complexity index is 474. The minimum atomic E-state index is -4.99. The molecule has 1 aromatic carbocycles. The summed E-state index contributed by atoms with van der Waals surface area (Å²) in [6.07, 6.45) is -4.99. The minimum absolute atomic E-state index is 0.0292. The van der Waals surface area contributed by atoms with Crippen LogP contribution in [0.5, 0.6) is 0 Å². The smallest absolute Gasteiger partial charge is 0.244 e. The summed E-state index contributed by atoms with van der Waals surface area (Å²) >= 11 is 0. The fourth-order valence-electron chi connectivity index (χ4n) is 1.14.